The fourth-order valence-electron chi connectivity index (χ4n) is 1.50. The largest absolute Gasteiger partial charge is 0.478 e. The molecule has 0 bridgehead atoms. The van der Waals surface area contributed by atoms with Crippen LogP contribution in [0.15, 0.2) is 29.4 Å². The van der Waals surface area contributed by atoms with Crippen LogP contribution in [-0.2, 0) is 0 Å². The second-order valence-corrected chi connectivity index (χ2v) is 4.10. The van der Waals surface area contributed by atoms with Crippen molar-refractivity contribution in [1.82, 2.24) is 5.32 Å². The number of hydrogen-bond acceptors (Lipinski definition) is 3. The van der Waals surface area contributed by atoms with Crippen molar-refractivity contribution in [3.8, 4) is 0 Å². The number of hydrogen-bond donors (Lipinski definition) is 2. The molecule has 0 aliphatic heterocycles. The molecule has 18 heavy (non-hydrogen) atoms. The molecule has 1 aromatic rings. The molecule has 0 radical (unpaired) electrons. The molecule has 1 rings (SSSR count). The van der Waals surface area contributed by atoms with E-state index < -0.39 is 11.9 Å². The van der Waals surface area contributed by atoms with E-state index in [9.17, 15) is 9.59 Å². The zero-order chi connectivity index (χ0) is 13.5. The van der Waals surface area contributed by atoms with Crippen LogP contribution in [0, 0.1) is 0 Å². The maximum Gasteiger partial charge on any atom is 0.338 e. The van der Waals surface area contributed by atoms with E-state index in [0.29, 0.717) is 0 Å². The third-order valence-corrected chi connectivity index (χ3v) is 2.49. The summed E-state index contributed by atoms with van der Waals surface area (Å²) in [5.74, 6) is -1.49. The molecule has 98 valence electrons. The maximum absolute atomic E-state index is 11.7. The van der Waals surface area contributed by atoms with Crippen LogP contribution in [0.3, 0.4) is 0 Å². The smallest absolute Gasteiger partial charge is 0.338 e. The van der Waals surface area contributed by atoms with Gasteiger partial charge in [-0.25, -0.2) is 4.79 Å². The Hall–Kier alpha value is -2.04. The standard InChI is InChI=1S/C13H17NO4/c1-3-4-5-6-9(2)14-12(15)11-7-10(8-18-11)13(16)17/h3,7-9H,1,4-6H2,2H3,(H,14,15)(H,16,17). The quantitative estimate of drug-likeness (QED) is 0.576. The maximum atomic E-state index is 11.7. The van der Waals surface area contributed by atoms with Crippen LogP contribution in [0.4, 0.5) is 0 Å². The minimum absolute atomic E-state index is 0.0100. The minimum atomic E-state index is -1.11. The Bertz CT molecular complexity index is 436. The molecule has 5 heteroatoms. The summed E-state index contributed by atoms with van der Waals surface area (Å²) in [7, 11) is 0. The van der Waals surface area contributed by atoms with Crippen LogP contribution in [0.5, 0.6) is 0 Å². The molecular formula is C13H17NO4. The van der Waals surface area contributed by atoms with Gasteiger partial charge in [-0.3, -0.25) is 4.79 Å². The number of unbranched alkanes of at least 4 members (excludes halogenated alkanes) is 1. The average molecular weight is 251 g/mol. The molecule has 0 aliphatic carbocycles. The normalized spacial score (nSPS) is 11.8. The van der Waals surface area contributed by atoms with E-state index in [2.05, 4.69) is 11.9 Å². The highest BCUT2D eigenvalue weighted by molar-refractivity contribution is 5.95. The first kappa shape index (κ1) is 14.0. The molecule has 1 heterocycles. The Labute approximate surface area is 105 Å². The fraction of sp³-hybridized carbons (Fsp3) is 0.385. The summed E-state index contributed by atoms with van der Waals surface area (Å²) in [4.78, 5) is 22.3. The molecule has 2 N–H and O–H groups in total. The summed E-state index contributed by atoms with van der Waals surface area (Å²) < 4.78 is 4.91. The first-order chi connectivity index (χ1) is 8.54. The molecule has 0 aliphatic rings. The van der Waals surface area contributed by atoms with Crippen LogP contribution in [0.1, 0.15) is 47.1 Å². The third kappa shape index (κ3) is 4.08. The van der Waals surface area contributed by atoms with E-state index in [4.69, 9.17) is 9.52 Å². The molecule has 1 aromatic heterocycles. The number of aromatic carboxylic acids is 1. The van der Waals surface area contributed by atoms with Crippen molar-refractivity contribution in [1.29, 1.82) is 0 Å². The highest BCUT2D eigenvalue weighted by atomic mass is 16.4. The van der Waals surface area contributed by atoms with E-state index >= 15 is 0 Å². The highest BCUT2D eigenvalue weighted by Crippen LogP contribution is 2.09. The van der Waals surface area contributed by atoms with Gasteiger partial charge in [0.25, 0.3) is 5.91 Å². The molecule has 1 unspecified atom stereocenters. The zero-order valence-electron chi connectivity index (χ0n) is 10.3. The molecule has 0 spiro atoms. The first-order valence-electron chi connectivity index (χ1n) is 5.78. The van der Waals surface area contributed by atoms with E-state index in [0.717, 1.165) is 25.5 Å². The van der Waals surface area contributed by atoms with Crippen LogP contribution >= 0.6 is 0 Å². The van der Waals surface area contributed by atoms with Gasteiger partial charge in [0.15, 0.2) is 5.76 Å². The van der Waals surface area contributed by atoms with Crippen LogP contribution in [0.25, 0.3) is 0 Å². The molecule has 0 fully saturated rings. The van der Waals surface area contributed by atoms with Crippen molar-refractivity contribution in [2.24, 2.45) is 0 Å². The van der Waals surface area contributed by atoms with Gasteiger partial charge in [-0.05, 0) is 26.2 Å². The number of allylic oxidation sites excluding steroid dienone is 1. The lowest BCUT2D eigenvalue weighted by atomic mass is 10.1. The zero-order valence-corrected chi connectivity index (χ0v) is 10.3. The van der Waals surface area contributed by atoms with Crippen molar-refractivity contribution in [3.05, 3.63) is 36.3 Å². The van der Waals surface area contributed by atoms with E-state index in [1.807, 2.05) is 13.0 Å². The lowest BCUT2D eigenvalue weighted by Crippen LogP contribution is -2.32. The summed E-state index contributed by atoms with van der Waals surface area (Å²) in [5.41, 5.74) is -0.0283. The Balaban J connectivity index is 2.48. The number of carbonyl (C=O) groups is 2. The second-order valence-electron chi connectivity index (χ2n) is 4.10. The van der Waals surface area contributed by atoms with E-state index in [-0.39, 0.29) is 17.4 Å². The van der Waals surface area contributed by atoms with Gasteiger partial charge in [-0.1, -0.05) is 6.08 Å². The average Bonchev–Trinajstić information content (AvgIpc) is 2.78. The molecule has 0 saturated heterocycles. The highest BCUT2D eigenvalue weighted by Gasteiger charge is 2.16. The summed E-state index contributed by atoms with van der Waals surface area (Å²) in [5, 5.41) is 11.5. The number of nitrogens with one attached hydrogen (secondary N) is 1. The predicted molar refractivity (Wildman–Crippen MR) is 66.6 cm³/mol. The van der Waals surface area contributed by atoms with Crippen molar-refractivity contribution >= 4 is 11.9 Å². The summed E-state index contributed by atoms with van der Waals surface area (Å²) in [6.07, 6.45) is 5.58. The predicted octanol–water partition coefficient (Wildman–Crippen LogP) is 2.45. The molecule has 5 nitrogen and oxygen atoms in total. The summed E-state index contributed by atoms with van der Waals surface area (Å²) in [6.45, 7) is 5.52. The van der Waals surface area contributed by atoms with Crippen LogP contribution < -0.4 is 5.32 Å². The fourth-order valence-corrected chi connectivity index (χ4v) is 1.50. The van der Waals surface area contributed by atoms with Gasteiger partial charge < -0.3 is 14.8 Å². The van der Waals surface area contributed by atoms with Gasteiger partial charge in [0.1, 0.15) is 6.26 Å². The first-order valence-corrected chi connectivity index (χ1v) is 5.78. The van der Waals surface area contributed by atoms with Crippen LogP contribution in [-0.4, -0.2) is 23.0 Å². The number of furan rings is 1. The summed E-state index contributed by atoms with van der Waals surface area (Å²) in [6, 6.07) is 1.23. The van der Waals surface area contributed by atoms with E-state index in [1.165, 1.54) is 6.07 Å². The lowest BCUT2D eigenvalue weighted by molar-refractivity contribution is 0.0695. The van der Waals surface area contributed by atoms with Crippen molar-refractivity contribution in [2.75, 3.05) is 0 Å². The van der Waals surface area contributed by atoms with Gasteiger partial charge in [0.2, 0.25) is 0 Å². The number of carbonyl (C=O) groups excluding carboxylic acids is 1. The van der Waals surface area contributed by atoms with Gasteiger partial charge >= 0.3 is 5.97 Å². The third-order valence-electron chi connectivity index (χ3n) is 2.49. The minimum Gasteiger partial charge on any atom is -0.478 e. The number of carboxylic acids is 1. The SMILES string of the molecule is C=CCCCC(C)NC(=O)c1cc(C(=O)O)co1. The molecule has 1 amide bonds. The topological polar surface area (TPSA) is 79.5 Å². The molecule has 0 saturated carbocycles. The van der Waals surface area contributed by atoms with E-state index in [1.54, 1.807) is 0 Å². The van der Waals surface area contributed by atoms with Gasteiger partial charge in [0, 0.05) is 12.1 Å². The molecular weight excluding hydrogens is 234 g/mol. The van der Waals surface area contributed by atoms with Crippen molar-refractivity contribution in [3.63, 3.8) is 0 Å². The Morgan fingerprint density at radius 3 is 2.89 bits per heavy atom. The Morgan fingerprint density at radius 2 is 2.33 bits per heavy atom. The van der Waals surface area contributed by atoms with Crippen molar-refractivity contribution in [2.45, 2.75) is 32.2 Å². The molecule has 1 atom stereocenters. The van der Waals surface area contributed by atoms with Gasteiger partial charge in [0.05, 0.1) is 5.56 Å². The summed E-state index contributed by atoms with van der Waals surface area (Å²) >= 11 is 0. The Morgan fingerprint density at radius 1 is 1.61 bits per heavy atom. The second kappa shape index (κ2) is 6.64. The lowest BCUT2D eigenvalue weighted by Gasteiger charge is -2.11. The Kier molecular flexibility index (Phi) is 5.17. The van der Waals surface area contributed by atoms with Gasteiger partial charge in [-0.15, -0.1) is 6.58 Å². The monoisotopic (exact) mass is 251 g/mol. The van der Waals surface area contributed by atoms with Crippen molar-refractivity contribution < 1.29 is 19.1 Å². The number of carboxylic acid groups (broad SMARTS) is 1. The number of amides is 1. The van der Waals surface area contributed by atoms with Crippen LogP contribution in [0.2, 0.25) is 0 Å². The van der Waals surface area contributed by atoms with Gasteiger partial charge in [-0.2, -0.15) is 0 Å². The molecule has 0 aromatic carbocycles. The number of rotatable bonds is 7.